The van der Waals surface area contributed by atoms with E-state index in [1.54, 1.807) is 13.1 Å². The maximum atomic E-state index is 12.6. The molecule has 176 valence electrons. The van der Waals surface area contributed by atoms with Crippen molar-refractivity contribution < 1.29 is 19.1 Å². The van der Waals surface area contributed by atoms with Gasteiger partial charge in [-0.3, -0.25) is 9.79 Å². The third-order valence-corrected chi connectivity index (χ3v) is 5.64. The molecule has 0 radical (unpaired) electrons. The number of carbonyl (C=O) groups excluding carboxylic acids is 2. The lowest BCUT2D eigenvalue weighted by Gasteiger charge is -2.40. The van der Waals surface area contributed by atoms with E-state index in [1.807, 2.05) is 43.9 Å². The molecule has 1 aromatic rings. The van der Waals surface area contributed by atoms with Gasteiger partial charge < -0.3 is 30.7 Å². The molecule has 2 unspecified atom stereocenters. The number of hydrogen-bond acceptors (Lipinski definition) is 5. The Labute approximate surface area is 189 Å². The molecule has 2 amide bonds. The van der Waals surface area contributed by atoms with Gasteiger partial charge in [0, 0.05) is 31.7 Å². The van der Waals surface area contributed by atoms with Crippen molar-refractivity contribution in [3.63, 3.8) is 0 Å². The number of guanidine groups is 1. The molecule has 0 saturated carbocycles. The van der Waals surface area contributed by atoms with Crippen LogP contribution in [0.15, 0.2) is 29.3 Å². The van der Waals surface area contributed by atoms with Gasteiger partial charge in [-0.25, -0.2) is 4.79 Å². The lowest BCUT2D eigenvalue weighted by molar-refractivity contribution is -0.119. The number of primary amides is 1. The zero-order chi connectivity index (χ0) is 23.3. The van der Waals surface area contributed by atoms with Crippen molar-refractivity contribution in [3.05, 3.63) is 29.8 Å². The monoisotopic (exact) mass is 445 g/mol. The van der Waals surface area contributed by atoms with Crippen LogP contribution in [0.1, 0.15) is 52.0 Å². The molecule has 2 atom stereocenters. The summed E-state index contributed by atoms with van der Waals surface area (Å²) in [5.41, 5.74) is 5.64. The first-order valence-corrected chi connectivity index (χ1v) is 11.1. The van der Waals surface area contributed by atoms with E-state index in [4.69, 9.17) is 15.2 Å². The maximum absolute atomic E-state index is 12.6. The molecule has 0 spiro atoms. The third-order valence-electron chi connectivity index (χ3n) is 5.64. The number of ether oxygens (including phenoxy) is 2. The van der Waals surface area contributed by atoms with Crippen LogP contribution in [-0.4, -0.2) is 60.2 Å². The van der Waals surface area contributed by atoms with Crippen molar-refractivity contribution in [2.45, 2.75) is 76.7 Å². The van der Waals surface area contributed by atoms with Gasteiger partial charge in [-0.1, -0.05) is 12.1 Å². The number of nitrogens with one attached hydrogen (secondary N) is 2. The number of fused-ring (bicyclic) bond motifs is 2. The van der Waals surface area contributed by atoms with Gasteiger partial charge in [0.2, 0.25) is 0 Å². The Morgan fingerprint density at radius 2 is 1.91 bits per heavy atom. The van der Waals surface area contributed by atoms with Crippen LogP contribution < -0.4 is 21.1 Å². The first-order chi connectivity index (χ1) is 15.1. The van der Waals surface area contributed by atoms with Gasteiger partial charge in [0.15, 0.2) is 12.6 Å². The SMILES string of the molecule is CN=C(NCc1cccc(OCC(N)=O)c1)NC1CC2CCC(C1)N2C(=O)OC(C)(C)C. The molecule has 2 bridgehead atoms. The summed E-state index contributed by atoms with van der Waals surface area (Å²) >= 11 is 0. The van der Waals surface area contributed by atoms with Gasteiger partial charge in [0.05, 0.1) is 0 Å². The number of nitrogens with zero attached hydrogens (tertiary/aromatic N) is 2. The Balaban J connectivity index is 1.51. The van der Waals surface area contributed by atoms with Crippen molar-refractivity contribution in [3.8, 4) is 5.75 Å². The zero-order valence-corrected chi connectivity index (χ0v) is 19.4. The van der Waals surface area contributed by atoms with E-state index in [0.717, 1.165) is 31.2 Å². The molecule has 9 heteroatoms. The lowest BCUT2D eigenvalue weighted by Crippen LogP contribution is -2.54. The normalized spacial score (nSPS) is 22.9. The van der Waals surface area contributed by atoms with E-state index in [9.17, 15) is 9.59 Å². The van der Waals surface area contributed by atoms with Gasteiger partial charge in [-0.2, -0.15) is 0 Å². The maximum Gasteiger partial charge on any atom is 0.410 e. The van der Waals surface area contributed by atoms with Gasteiger partial charge >= 0.3 is 6.09 Å². The summed E-state index contributed by atoms with van der Waals surface area (Å²) in [7, 11) is 1.74. The minimum absolute atomic E-state index is 0.148. The Morgan fingerprint density at radius 3 is 2.50 bits per heavy atom. The fourth-order valence-corrected chi connectivity index (χ4v) is 4.38. The number of benzene rings is 1. The highest BCUT2D eigenvalue weighted by atomic mass is 16.6. The van der Waals surface area contributed by atoms with Crippen LogP contribution >= 0.6 is 0 Å². The average molecular weight is 446 g/mol. The van der Waals surface area contributed by atoms with E-state index >= 15 is 0 Å². The molecule has 2 heterocycles. The molecule has 0 aromatic heterocycles. The molecule has 9 nitrogen and oxygen atoms in total. The summed E-state index contributed by atoms with van der Waals surface area (Å²) in [6.45, 7) is 6.10. The molecule has 4 N–H and O–H groups in total. The molecule has 2 aliphatic heterocycles. The smallest absolute Gasteiger partial charge is 0.410 e. The summed E-state index contributed by atoms with van der Waals surface area (Å²) in [5.74, 6) is 0.797. The lowest BCUT2D eigenvalue weighted by atomic mass is 9.98. The molecule has 1 aromatic carbocycles. The van der Waals surface area contributed by atoms with Crippen LogP contribution in [0.2, 0.25) is 0 Å². The van der Waals surface area contributed by atoms with Crippen LogP contribution in [0.5, 0.6) is 5.75 Å². The highest BCUT2D eigenvalue weighted by Crippen LogP contribution is 2.36. The fraction of sp³-hybridized carbons (Fsp3) is 0.609. The van der Waals surface area contributed by atoms with E-state index in [-0.39, 0.29) is 30.8 Å². The van der Waals surface area contributed by atoms with Crippen LogP contribution in [-0.2, 0) is 16.1 Å². The van der Waals surface area contributed by atoms with Gasteiger partial charge in [-0.05, 0) is 64.2 Å². The number of piperidine rings is 1. The first kappa shape index (κ1) is 23.7. The average Bonchev–Trinajstić information content (AvgIpc) is 2.99. The summed E-state index contributed by atoms with van der Waals surface area (Å²) in [6.07, 6.45) is 3.54. The fourth-order valence-electron chi connectivity index (χ4n) is 4.38. The van der Waals surface area contributed by atoms with Crippen molar-refractivity contribution >= 4 is 18.0 Å². The van der Waals surface area contributed by atoms with Gasteiger partial charge in [-0.15, -0.1) is 0 Å². The highest BCUT2D eigenvalue weighted by Gasteiger charge is 2.45. The molecule has 0 aliphatic carbocycles. The van der Waals surface area contributed by atoms with E-state index in [2.05, 4.69) is 15.6 Å². The Morgan fingerprint density at radius 1 is 1.22 bits per heavy atom. The van der Waals surface area contributed by atoms with Crippen molar-refractivity contribution in [1.29, 1.82) is 0 Å². The summed E-state index contributed by atoms with van der Waals surface area (Å²) in [6, 6.07) is 8.11. The molecule has 2 aliphatic rings. The molecule has 2 saturated heterocycles. The predicted molar refractivity (Wildman–Crippen MR) is 122 cm³/mol. The topological polar surface area (TPSA) is 118 Å². The highest BCUT2D eigenvalue weighted by molar-refractivity contribution is 5.80. The van der Waals surface area contributed by atoms with Crippen LogP contribution in [0.4, 0.5) is 4.79 Å². The number of rotatable bonds is 6. The number of carbonyl (C=O) groups is 2. The first-order valence-electron chi connectivity index (χ1n) is 11.1. The molecule has 3 rings (SSSR count). The minimum atomic E-state index is -0.509. The summed E-state index contributed by atoms with van der Waals surface area (Å²) in [4.78, 5) is 29.8. The summed E-state index contributed by atoms with van der Waals surface area (Å²) < 4.78 is 11.0. The van der Waals surface area contributed by atoms with Crippen LogP contribution in [0, 0.1) is 0 Å². The third kappa shape index (κ3) is 6.51. The number of hydrogen-bond donors (Lipinski definition) is 3. The Bertz CT molecular complexity index is 837. The molecular weight excluding hydrogens is 410 g/mol. The van der Waals surface area contributed by atoms with Crippen molar-refractivity contribution in [2.24, 2.45) is 10.7 Å². The van der Waals surface area contributed by atoms with E-state index in [1.165, 1.54) is 0 Å². The largest absolute Gasteiger partial charge is 0.484 e. The van der Waals surface area contributed by atoms with Crippen LogP contribution in [0.3, 0.4) is 0 Å². The van der Waals surface area contributed by atoms with E-state index < -0.39 is 11.5 Å². The van der Waals surface area contributed by atoms with Crippen LogP contribution in [0.25, 0.3) is 0 Å². The number of nitrogens with two attached hydrogens (primary N) is 1. The van der Waals surface area contributed by atoms with Gasteiger partial charge in [0.1, 0.15) is 11.4 Å². The second-order valence-corrected chi connectivity index (χ2v) is 9.41. The molecule has 2 fully saturated rings. The number of aliphatic imine (C=N–C) groups is 1. The van der Waals surface area contributed by atoms with E-state index in [0.29, 0.717) is 18.3 Å². The second kappa shape index (κ2) is 10.1. The number of amides is 2. The van der Waals surface area contributed by atoms with Crippen molar-refractivity contribution in [1.82, 2.24) is 15.5 Å². The standard InChI is InChI=1S/C23H35N5O4/c1-23(2,3)32-22(30)28-17-8-9-18(28)12-16(11-17)27-21(25-4)26-13-15-6-5-7-19(10-15)31-14-20(24)29/h5-7,10,16-18H,8-9,11-14H2,1-4H3,(H2,24,29)(H2,25,26,27). The second-order valence-electron chi connectivity index (χ2n) is 9.41. The molecule has 32 heavy (non-hydrogen) atoms. The van der Waals surface area contributed by atoms with Crippen molar-refractivity contribution in [2.75, 3.05) is 13.7 Å². The Hall–Kier alpha value is -2.97. The summed E-state index contributed by atoms with van der Waals surface area (Å²) in [5, 5.41) is 6.83. The minimum Gasteiger partial charge on any atom is -0.484 e. The van der Waals surface area contributed by atoms with Gasteiger partial charge in [0.25, 0.3) is 5.91 Å². The Kier molecular flexibility index (Phi) is 7.48. The quantitative estimate of drug-likeness (QED) is 0.456. The predicted octanol–water partition coefficient (Wildman–Crippen LogP) is 2.15. The molecular formula is C23H35N5O4. The zero-order valence-electron chi connectivity index (χ0n) is 19.4.